The van der Waals surface area contributed by atoms with Gasteiger partial charge >= 0.3 is 6.18 Å². The number of alkyl halides is 3. The molecular formula is C12H7ClF3N3O. The highest BCUT2D eigenvalue weighted by atomic mass is 35.5. The van der Waals surface area contributed by atoms with Gasteiger partial charge in [-0.1, -0.05) is 11.6 Å². The highest BCUT2D eigenvalue weighted by Gasteiger charge is 2.32. The minimum absolute atomic E-state index is 0.00550. The summed E-state index contributed by atoms with van der Waals surface area (Å²) < 4.78 is 37.0. The van der Waals surface area contributed by atoms with E-state index >= 15 is 0 Å². The number of pyridine rings is 2. The smallest absolute Gasteiger partial charge is 0.322 e. The van der Waals surface area contributed by atoms with Gasteiger partial charge in [-0.3, -0.25) is 9.78 Å². The lowest BCUT2D eigenvalue weighted by Crippen LogP contribution is -2.14. The first-order valence-corrected chi connectivity index (χ1v) is 5.70. The van der Waals surface area contributed by atoms with E-state index in [9.17, 15) is 18.0 Å². The highest BCUT2D eigenvalue weighted by molar-refractivity contribution is 6.29. The third kappa shape index (κ3) is 3.45. The van der Waals surface area contributed by atoms with Gasteiger partial charge in [0.15, 0.2) is 0 Å². The van der Waals surface area contributed by atoms with Gasteiger partial charge in [-0.2, -0.15) is 13.2 Å². The Morgan fingerprint density at radius 1 is 1.20 bits per heavy atom. The summed E-state index contributed by atoms with van der Waals surface area (Å²) in [5.74, 6) is -0.589. The Bertz CT molecular complexity index is 629. The third-order valence-corrected chi connectivity index (χ3v) is 2.51. The van der Waals surface area contributed by atoms with Gasteiger partial charge in [0.2, 0.25) is 0 Å². The Kier molecular flexibility index (Phi) is 3.89. The minimum atomic E-state index is -4.53. The SMILES string of the molecule is O=C(Nc1ccnc(Cl)c1)c1ccc(C(F)(F)F)nc1. The second-order valence-corrected chi connectivity index (χ2v) is 4.14. The topological polar surface area (TPSA) is 54.9 Å². The van der Waals surface area contributed by atoms with Crippen LogP contribution in [0.1, 0.15) is 16.1 Å². The number of amides is 1. The van der Waals surface area contributed by atoms with Gasteiger partial charge in [0, 0.05) is 18.1 Å². The van der Waals surface area contributed by atoms with Crippen molar-refractivity contribution in [2.75, 3.05) is 5.32 Å². The summed E-state index contributed by atoms with van der Waals surface area (Å²) in [5, 5.41) is 2.66. The lowest BCUT2D eigenvalue weighted by molar-refractivity contribution is -0.141. The molecule has 20 heavy (non-hydrogen) atoms. The van der Waals surface area contributed by atoms with Gasteiger partial charge in [-0.15, -0.1) is 0 Å². The number of anilines is 1. The van der Waals surface area contributed by atoms with E-state index in [2.05, 4.69) is 15.3 Å². The molecule has 0 saturated heterocycles. The van der Waals surface area contributed by atoms with Crippen LogP contribution in [-0.4, -0.2) is 15.9 Å². The van der Waals surface area contributed by atoms with Gasteiger partial charge in [0.25, 0.3) is 5.91 Å². The van der Waals surface area contributed by atoms with Crippen LogP contribution in [0.2, 0.25) is 5.15 Å². The maximum atomic E-state index is 12.3. The van der Waals surface area contributed by atoms with E-state index in [4.69, 9.17) is 11.6 Å². The van der Waals surface area contributed by atoms with Gasteiger partial charge in [0.05, 0.1) is 5.56 Å². The highest BCUT2D eigenvalue weighted by Crippen LogP contribution is 2.27. The monoisotopic (exact) mass is 301 g/mol. The van der Waals surface area contributed by atoms with E-state index in [1.807, 2.05) is 0 Å². The maximum Gasteiger partial charge on any atom is 0.433 e. The van der Waals surface area contributed by atoms with Crippen LogP contribution >= 0.6 is 11.6 Å². The predicted octanol–water partition coefficient (Wildman–Crippen LogP) is 3.40. The van der Waals surface area contributed by atoms with Crippen molar-refractivity contribution in [3.05, 3.63) is 53.1 Å². The van der Waals surface area contributed by atoms with Crippen molar-refractivity contribution in [3.63, 3.8) is 0 Å². The molecule has 0 unspecified atom stereocenters. The first-order chi connectivity index (χ1) is 9.36. The average molecular weight is 302 g/mol. The number of halogens is 4. The predicted molar refractivity (Wildman–Crippen MR) is 66.4 cm³/mol. The second kappa shape index (κ2) is 5.46. The quantitative estimate of drug-likeness (QED) is 0.865. The van der Waals surface area contributed by atoms with Gasteiger partial charge in [0.1, 0.15) is 10.8 Å². The Labute approximate surface area is 116 Å². The van der Waals surface area contributed by atoms with Crippen molar-refractivity contribution in [2.24, 2.45) is 0 Å². The maximum absolute atomic E-state index is 12.3. The third-order valence-electron chi connectivity index (χ3n) is 2.30. The first kappa shape index (κ1) is 14.3. The van der Waals surface area contributed by atoms with Gasteiger partial charge in [-0.05, 0) is 24.3 Å². The molecule has 4 nitrogen and oxygen atoms in total. The molecule has 2 aromatic heterocycles. The molecule has 0 aromatic carbocycles. The van der Waals surface area contributed by atoms with E-state index in [0.717, 1.165) is 18.3 Å². The zero-order chi connectivity index (χ0) is 14.8. The fraction of sp³-hybridized carbons (Fsp3) is 0.0833. The molecule has 0 aliphatic heterocycles. The minimum Gasteiger partial charge on any atom is -0.322 e. The van der Waals surface area contributed by atoms with Crippen LogP contribution in [0.4, 0.5) is 18.9 Å². The summed E-state index contributed by atoms with van der Waals surface area (Å²) >= 11 is 5.65. The molecule has 0 aliphatic carbocycles. The number of hydrogen-bond acceptors (Lipinski definition) is 3. The van der Waals surface area contributed by atoms with Crippen molar-refractivity contribution in [3.8, 4) is 0 Å². The number of aromatic nitrogens is 2. The Balaban J connectivity index is 2.14. The fourth-order valence-corrected chi connectivity index (χ4v) is 1.55. The molecule has 0 fully saturated rings. The second-order valence-electron chi connectivity index (χ2n) is 3.75. The van der Waals surface area contributed by atoms with Crippen molar-refractivity contribution >= 4 is 23.2 Å². The Morgan fingerprint density at radius 2 is 1.95 bits per heavy atom. The lowest BCUT2D eigenvalue weighted by Gasteiger charge is -2.07. The molecule has 0 radical (unpaired) electrons. The molecule has 2 aromatic rings. The summed E-state index contributed by atoms with van der Waals surface area (Å²) in [4.78, 5) is 18.7. The van der Waals surface area contributed by atoms with Gasteiger partial charge < -0.3 is 5.32 Å². The van der Waals surface area contributed by atoms with Crippen molar-refractivity contribution in [1.82, 2.24) is 9.97 Å². The van der Waals surface area contributed by atoms with Crippen LogP contribution in [0.25, 0.3) is 0 Å². The number of hydrogen-bond donors (Lipinski definition) is 1. The summed E-state index contributed by atoms with van der Waals surface area (Å²) in [5.41, 5.74) is -0.665. The van der Waals surface area contributed by atoms with Crippen LogP contribution in [0.15, 0.2) is 36.7 Å². The van der Waals surface area contributed by atoms with Crippen molar-refractivity contribution < 1.29 is 18.0 Å². The molecular weight excluding hydrogens is 295 g/mol. The van der Waals surface area contributed by atoms with Crippen molar-refractivity contribution in [2.45, 2.75) is 6.18 Å². The van der Waals surface area contributed by atoms with Crippen LogP contribution in [-0.2, 0) is 6.18 Å². The molecule has 8 heteroatoms. The van der Waals surface area contributed by atoms with E-state index in [1.165, 1.54) is 18.3 Å². The standard InChI is InChI=1S/C12H7ClF3N3O/c13-10-5-8(3-4-17-10)19-11(20)7-1-2-9(18-6-7)12(14,15)16/h1-6H,(H,17,19,20). The van der Waals surface area contributed by atoms with Crippen molar-refractivity contribution in [1.29, 1.82) is 0 Å². The first-order valence-electron chi connectivity index (χ1n) is 5.32. The summed E-state index contributed by atoms with van der Waals surface area (Å²) in [6, 6.07) is 4.71. The Morgan fingerprint density at radius 3 is 2.50 bits per heavy atom. The number of carbonyl (C=O) groups excluding carboxylic acids is 1. The zero-order valence-electron chi connectivity index (χ0n) is 9.78. The largest absolute Gasteiger partial charge is 0.433 e. The molecule has 2 rings (SSSR count). The van der Waals surface area contributed by atoms with Gasteiger partial charge in [-0.25, -0.2) is 4.98 Å². The number of nitrogens with one attached hydrogen (secondary N) is 1. The van der Waals surface area contributed by atoms with E-state index in [1.54, 1.807) is 0 Å². The Hall–Kier alpha value is -2.15. The lowest BCUT2D eigenvalue weighted by atomic mass is 10.2. The molecule has 0 aliphatic rings. The number of nitrogens with zero attached hydrogens (tertiary/aromatic N) is 2. The zero-order valence-corrected chi connectivity index (χ0v) is 10.5. The van der Waals surface area contributed by atoms with Crippen LogP contribution < -0.4 is 5.32 Å². The molecule has 0 atom stereocenters. The van der Waals surface area contributed by atoms with Crippen LogP contribution in [0, 0.1) is 0 Å². The van der Waals surface area contributed by atoms with Crippen LogP contribution in [0.3, 0.4) is 0 Å². The van der Waals surface area contributed by atoms with Crippen LogP contribution in [0.5, 0.6) is 0 Å². The van der Waals surface area contributed by atoms with E-state index < -0.39 is 17.8 Å². The molecule has 104 valence electrons. The summed E-state index contributed by atoms with van der Waals surface area (Å²) in [6.07, 6.45) is -2.28. The average Bonchev–Trinajstić information content (AvgIpc) is 2.38. The molecule has 1 amide bonds. The fourth-order valence-electron chi connectivity index (χ4n) is 1.38. The molecule has 0 bridgehead atoms. The number of carbonyl (C=O) groups is 1. The molecule has 1 N–H and O–H groups in total. The van der Waals surface area contributed by atoms with E-state index in [-0.39, 0.29) is 10.7 Å². The molecule has 0 saturated carbocycles. The molecule has 2 heterocycles. The normalized spacial score (nSPS) is 11.2. The molecule has 0 spiro atoms. The summed E-state index contributed by atoms with van der Waals surface area (Å²) in [7, 11) is 0. The summed E-state index contributed by atoms with van der Waals surface area (Å²) in [6.45, 7) is 0. The number of rotatable bonds is 2. The van der Waals surface area contributed by atoms with E-state index in [0.29, 0.717) is 5.69 Å².